The average Bonchev–Trinajstić information content (AvgIpc) is 3.08. The average molecular weight is 258 g/mol. The van der Waals surface area contributed by atoms with E-state index in [0.29, 0.717) is 5.92 Å². The van der Waals surface area contributed by atoms with Gasteiger partial charge in [-0.15, -0.1) is 0 Å². The van der Waals surface area contributed by atoms with Gasteiger partial charge >= 0.3 is 0 Å². The van der Waals surface area contributed by atoms with E-state index in [2.05, 4.69) is 60.6 Å². The van der Waals surface area contributed by atoms with Crippen molar-refractivity contribution in [2.24, 2.45) is 5.92 Å². The minimum Gasteiger partial charge on any atom is -0.0587 e. The Bertz CT molecular complexity index is 456. The zero-order valence-corrected chi connectivity index (χ0v) is 13.8. The molecule has 0 aliphatic heterocycles. The molecule has 0 amide bonds. The van der Waals surface area contributed by atoms with E-state index in [0.717, 1.165) is 11.8 Å². The molecule has 0 nitrogen and oxygen atoms in total. The highest BCUT2D eigenvalue weighted by Crippen LogP contribution is 2.46. The lowest BCUT2D eigenvalue weighted by atomic mass is 9.74. The summed E-state index contributed by atoms with van der Waals surface area (Å²) in [5, 5.41) is 0. The third kappa shape index (κ3) is 3.04. The second-order valence-corrected chi connectivity index (χ2v) is 7.85. The molecule has 0 heteroatoms. The lowest BCUT2D eigenvalue weighted by molar-refractivity contribution is 0.549. The minimum atomic E-state index is 0.242. The van der Waals surface area contributed by atoms with Crippen molar-refractivity contribution < 1.29 is 0 Å². The van der Waals surface area contributed by atoms with Crippen molar-refractivity contribution >= 4 is 0 Å². The molecule has 19 heavy (non-hydrogen) atoms. The summed E-state index contributed by atoms with van der Waals surface area (Å²) in [7, 11) is 0. The van der Waals surface area contributed by atoms with Crippen LogP contribution in [0, 0.1) is 12.8 Å². The van der Waals surface area contributed by atoms with E-state index < -0.39 is 0 Å². The summed E-state index contributed by atoms with van der Waals surface area (Å²) in [6, 6.07) is 4.86. The number of rotatable bonds is 3. The number of aryl methyl sites for hydroxylation is 1. The van der Waals surface area contributed by atoms with Crippen LogP contribution >= 0.6 is 0 Å². The number of hydrogen-bond acceptors (Lipinski definition) is 0. The van der Waals surface area contributed by atoms with Crippen LogP contribution in [0.2, 0.25) is 0 Å². The molecule has 1 aliphatic carbocycles. The Balaban J connectivity index is 2.62. The quantitative estimate of drug-likeness (QED) is 0.630. The third-order valence-corrected chi connectivity index (χ3v) is 4.54. The van der Waals surface area contributed by atoms with Gasteiger partial charge in [0.25, 0.3) is 0 Å². The van der Waals surface area contributed by atoms with Crippen LogP contribution in [0.4, 0.5) is 0 Å². The van der Waals surface area contributed by atoms with Crippen LogP contribution in [0.3, 0.4) is 0 Å². The molecule has 1 atom stereocenters. The highest BCUT2D eigenvalue weighted by atomic mass is 14.4. The highest BCUT2D eigenvalue weighted by molar-refractivity contribution is 5.46. The van der Waals surface area contributed by atoms with Crippen molar-refractivity contribution in [3.05, 3.63) is 34.4 Å². The highest BCUT2D eigenvalue weighted by Gasteiger charge is 2.33. The Morgan fingerprint density at radius 3 is 1.95 bits per heavy atom. The predicted molar refractivity (Wildman–Crippen MR) is 85.1 cm³/mol. The molecule has 1 saturated carbocycles. The molecule has 106 valence electrons. The van der Waals surface area contributed by atoms with Gasteiger partial charge < -0.3 is 0 Å². The normalized spacial score (nSPS) is 17.9. The van der Waals surface area contributed by atoms with Gasteiger partial charge in [-0.05, 0) is 59.6 Å². The first-order valence-electron chi connectivity index (χ1n) is 7.86. The molecule has 1 unspecified atom stereocenters. The molecule has 0 radical (unpaired) electrons. The maximum atomic E-state index is 2.45. The molecular formula is C19H30. The van der Waals surface area contributed by atoms with Gasteiger partial charge in [-0.1, -0.05) is 59.2 Å². The lowest BCUT2D eigenvalue weighted by Crippen LogP contribution is -2.20. The Kier molecular flexibility index (Phi) is 3.82. The molecule has 0 bridgehead atoms. The van der Waals surface area contributed by atoms with Crippen molar-refractivity contribution in [1.29, 1.82) is 0 Å². The molecule has 0 heterocycles. The summed E-state index contributed by atoms with van der Waals surface area (Å²) in [5.41, 5.74) is 6.48. The van der Waals surface area contributed by atoms with E-state index in [4.69, 9.17) is 0 Å². The summed E-state index contributed by atoms with van der Waals surface area (Å²) >= 11 is 0. The fraction of sp³-hybridized carbons (Fsp3) is 0.684. The Hall–Kier alpha value is -0.780. The van der Waals surface area contributed by atoms with Gasteiger partial charge in [-0.3, -0.25) is 0 Å². The van der Waals surface area contributed by atoms with Crippen LogP contribution in [0.5, 0.6) is 0 Å². The van der Waals surface area contributed by atoms with Gasteiger partial charge in [0.1, 0.15) is 0 Å². The summed E-state index contributed by atoms with van der Waals surface area (Å²) in [6.07, 6.45) is 2.85. The zero-order valence-electron chi connectivity index (χ0n) is 13.8. The van der Waals surface area contributed by atoms with Gasteiger partial charge in [0.15, 0.2) is 0 Å². The van der Waals surface area contributed by atoms with Crippen molar-refractivity contribution in [3.63, 3.8) is 0 Å². The number of hydrogen-bond donors (Lipinski definition) is 0. The summed E-state index contributed by atoms with van der Waals surface area (Å²) in [4.78, 5) is 0. The van der Waals surface area contributed by atoms with Crippen LogP contribution in [0.1, 0.15) is 88.5 Å². The van der Waals surface area contributed by atoms with E-state index in [1.807, 2.05) is 0 Å². The first-order chi connectivity index (χ1) is 8.71. The summed E-state index contributed by atoms with van der Waals surface area (Å²) in [6.45, 7) is 16.4. The zero-order chi connectivity index (χ0) is 14.4. The number of benzene rings is 1. The molecule has 0 N–H and O–H groups in total. The first-order valence-corrected chi connectivity index (χ1v) is 7.86. The van der Waals surface area contributed by atoms with Gasteiger partial charge in [0.05, 0.1) is 0 Å². The van der Waals surface area contributed by atoms with Crippen LogP contribution in [0.25, 0.3) is 0 Å². The van der Waals surface area contributed by atoms with Crippen molar-refractivity contribution in [2.75, 3.05) is 0 Å². The van der Waals surface area contributed by atoms with Crippen molar-refractivity contribution in [1.82, 2.24) is 0 Å². The largest absolute Gasteiger partial charge is 0.0587 e. The van der Waals surface area contributed by atoms with E-state index in [1.165, 1.54) is 18.4 Å². The molecule has 2 rings (SSSR count). The van der Waals surface area contributed by atoms with E-state index in [-0.39, 0.29) is 5.41 Å². The minimum absolute atomic E-state index is 0.242. The Morgan fingerprint density at radius 2 is 1.53 bits per heavy atom. The molecule has 0 spiro atoms. The summed E-state index contributed by atoms with van der Waals surface area (Å²) < 4.78 is 0. The second kappa shape index (κ2) is 4.96. The molecule has 1 aromatic carbocycles. The molecule has 1 aromatic rings. The van der Waals surface area contributed by atoms with Crippen LogP contribution in [-0.4, -0.2) is 0 Å². The molecule has 0 saturated heterocycles. The Labute approximate surface area is 119 Å². The van der Waals surface area contributed by atoms with Gasteiger partial charge in [0.2, 0.25) is 0 Å². The van der Waals surface area contributed by atoms with Gasteiger partial charge in [0, 0.05) is 0 Å². The fourth-order valence-corrected chi connectivity index (χ4v) is 3.37. The molecule has 0 aromatic heterocycles. The van der Waals surface area contributed by atoms with Crippen LogP contribution < -0.4 is 0 Å². The lowest BCUT2D eigenvalue weighted by Gasteiger charge is -2.31. The van der Waals surface area contributed by atoms with Crippen molar-refractivity contribution in [3.8, 4) is 0 Å². The SMILES string of the molecule is Cc1cc(C(C)C)c(C(C)(C)C)c(C(C)C2CC2)c1. The van der Waals surface area contributed by atoms with Gasteiger partial charge in [-0.2, -0.15) is 0 Å². The third-order valence-electron chi connectivity index (χ3n) is 4.54. The van der Waals surface area contributed by atoms with E-state index in [1.54, 1.807) is 16.7 Å². The fourth-order valence-electron chi connectivity index (χ4n) is 3.37. The standard InChI is InChI=1S/C19H30/c1-12(2)16-10-13(3)11-17(14(4)15-8-9-15)18(16)19(5,6)7/h10-12,14-15H,8-9H2,1-7H3. The Morgan fingerprint density at radius 1 is 1.00 bits per heavy atom. The molecule has 1 aliphatic rings. The van der Waals surface area contributed by atoms with Crippen LogP contribution in [-0.2, 0) is 5.41 Å². The smallest absolute Gasteiger partial charge is 0.0126 e. The monoisotopic (exact) mass is 258 g/mol. The summed E-state index contributed by atoms with van der Waals surface area (Å²) in [5.74, 6) is 2.27. The predicted octanol–water partition coefficient (Wildman–Crippen LogP) is 5.93. The molecular weight excluding hydrogens is 228 g/mol. The van der Waals surface area contributed by atoms with Crippen molar-refractivity contribution in [2.45, 2.75) is 78.6 Å². The molecule has 1 fully saturated rings. The van der Waals surface area contributed by atoms with Gasteiger partial charge in [-0.25, -0.2) is 0 Å². The maximum Gasteiger partial charge on any atom is -0.0126 e. The first kappa shape index (κ1) is 14.6. The van der Waals surface area contributed by atoms with E-state index in [9.17, 15) is 0 Å². The topological polar surface area (TPSA) is 0 Å². The second-order valence-electron chi connectivity index (χ2n) is 7.85. The van der Waals surface area contributed by atoms with E-state index >= 15 is 0 Å². The van der Waals surface area contributed by atoms with Crippen LogP contribution in [0.15, 0.2) is 12.1 Å². The maximum absolute atomic E-state index is 2.45.